The van der Waals surface area contributed by atoms with Gasteiger partial charge >= 0.3 is 0 Å². The number of nitrogens with one attached hydrogen (secondary N) is 1. The number of hydrogen-bond acceptors (Lipinski definition) is 2. The first-order chi connectivity index (χ1) is 17.6. The molecule has 36 heavy (non-hydrogen) atoms. The second-order valence-electron chi connectivity index (χ2n) is 8.80. The second-order valence-corrected chi connectivity index (χ2v) is 8.80. The van der Waals surface area contributed by atoms with Crippen molar-refractivity contribution in [2.24, 2.45) is 5.10 Å². The minimum atomic E-state index is -0.242. The van der Waals surface area contributed by atoms with Gasteiger partial charge in [-0.3, -0.25) is 4.79 Å². The molecule has 176 valence electrons. The molecule has 4 aromatic carbocycles. The number of hydrazone groups is 1. The third-order valence-corrected chi connectivity index (χ3v) is 6.12. The van der Waals surface area contributed by atoms with E-state index in [2.05, 4.69) is 76.6 Å². The molecule has 0 radical (unpaired) electrons. The molecule has 0 saturated heterocycles. The fourth-order valence-corrected chi connectivity index (χ4v) is 4.23. The van der Waals surface area contributed by atoms with Gasteiger partial charge in [-0.15, -0.1) is 0 Å². The largest absolute Gasteiger partial charge is 0.309 e. The van der Waals surface area contributed by atoms with E-state index in [4.69, 9.17) is 0 Å². The number of rotatable bonds is 6. The highest BCUT2D eigenvalue weighted by Gasteiger charge is 2.18. The zero-order chi connectivity index (χ0) is 24.9. The molecule has 0 atom stereocenters. The van der Waals surface area contributed by atoms with Crippen molar-refractivity contribution in [2.45, 2.75) is 13.8 Å². The first kappa shape index (κ1) is 23.1. The number of amides is 1. The van der Waals surface area contributed by atoms with Gasteiger partial charge in [0, 0.05) is 16.8 Å². The first-order valence-electron chi connectivity index (χ1n) is 11.9. The van der Waals surface area contributed by atoms with Crippen LogP contribution in [0, 0.1) is 13.8 Å². The zero-order valence-corrected chi connectivity index (χ0v) is 20.3. The lowest BCUT2D eigenvalue weighted by Crippen LogP contribution is -2.17. The fraction of sp³-hybridized carbons (Fsp3) is 0.0625. The highest BCUT2D eigenvalue weighted by molar-refractivity contribution is 5.97. The van der Waals surface area contributed by atoms with Crippen molar-refractivity contribution in [3.05, 3.63) is 138 Å². The van der Waals surface area contributed by atoms with Crippen molar-refractivity contribution in [1.82, 2.24) is 9.99 Å². The summed E-state index contributed by atoms with van der Waals surface area (Å²) >= 11 is 0. The summed E-state index contributed by atoms with van der Waals surface area (Å²) in [7, 11) is 0. The fourth-order valence-electron chi connectivity index (χ4n) is 4.23. The lowest BCUT2D eigenvalue weighted by molar-refractivity contribution is 0.0955. The van der Waals surface area contributed by atoms with Gasteiger partial charge in [0.1, 0.15) is 0 Å². The van der Waals surface area contributed by atoms with E-state index in [9.17, 15) is 4.79 Å². The molecular weight excluding hydrogens is 442 g/mol. The number of aromatic nitrogens is 1. The summed E-state index contributed by atoms with van der Waals surface area (Å²) in [6, 6.07) is 38.6. The Balaban J connectivity index is 1.62. The number of nitrogens with zero attached hydrogens (tertiary/aromatic N) is 2. The molecule has 0 aliphatic rings. The van der Waals surface area contributed by atoms with Crippen molar-refractivity contribution in [2.75, 3.05) is 0 Å². The first-order valence-corrected chi connectivity index (χ1v) is 11.9. The van der Waals surface area contributed by atoms with Gasteiger partial charge in [0.05, 0.1) is 17.6 Å². The van der Waals surface area contributed by atoms with Gasteiger partial charge in [0.15, 0.2) is 0 Å². The maximum atomic E-state index is 12.6. The van der Waals surface area contributed by atoms with Crippen LogP contribution >= 0.6 is 0 Å². The van der Waals surface area contributed by atoms with Gasteiger partial charge in [-0.05, 0) is 55.3 Å². The molecule has 1 aromatic heterocycles. The lowest BCUT2D eigenvalue weighted by Gasteiger charge is -2.15. The summed E-state index contributed by atoms with van der Waals surface area (Å²) in [5.41, 5.74) is 11.7. The van der Waals surface area contributed by atoms with E-state index in [1.807, 2.05) is 55.5 Å². The topological polar surface area (TPSA) is 46.4 Å². The highest BCUT2D eigenvalue weighted by Crippen LogP contribution is 2.35. The van der Waals surface area contributed by atoms with Gasteiger partial charge in [-0.25, -0.2) is 5.43 Å². The van der Waals surface area contributed by atoms with Crippen LogP contribution in [0.2, 0.25) is 0 Å². The third kappa shape index (κ3) is 4.89. The molecule has 1 amide bonds. The van der Waals surface area contributed by atoms with Crippen molar-refractivity contribution >= 4 is 12.1 Å². The molecule has 0 unspecified atom stereocenters. The van der Waals surface area contributed by atoms with Crippen LogP contribution in [0.3, 0.4) is 0 Å². The Labute approximate surface area is 211 Å². The molecule has 0 aliphatic heterocycles. The van der Waals surface area contributed by atoms with Crippen LogP contribution < -0.4 is 5.43 Å². The van der Waals surface area contributed by atoms with E-state index < -0.39 is 0 Å². The summed E-state index contributed by atoms with van der Waals surface area (Å²) in [6.07, 6.45) is 1.73. The lowest BCUT2D eigenvalue weighted by atomic mass is 10.1. The Hall–Kier alpha value is -4.70. The molecular formula is C32H27N3O. The summed E-state index contributed by atoms with van der Waals surface area (Å²) in [5, 5.41) is 4.34. The number of carbonyl (C=O) groups excluding carboxylic acids is 1. The quantitative estimate of drug-likeness (QED) is 0.208. The summed E-state index contributed by atoms with van der Waals surface area (Å²) in [6.45, 7) is 4.08. The number of benzene rings is 4. The molecule has 0 aliphatic carbocycles. The molecule has 4 heteroatoms. The predicted molar refractivity (Wildman–Crippen MR) is 148 cm³/mol. The van der Waals surface area contributed by atoms with Crippen molar-refractivity contribution < 1.29 is 4.79 Å². The van der Waals surface area contributed by atoms with Crippen molar-refractivity contribution in [3.63, 3.8) is 0 Å². The minimum Gasteiger partial charge on any atom is -0.309 e. The predicted octanol–water partition coefficient (Wildman–Crippen LogP) is 7.19. The number of hydrogen-bond donors (Lipinski definition) is 1. The van der Waals surface area contributed by atoms with Crippen LogP contribution in [0.15, 0.2) is 120 Å². The molecule has 0 spiro atoms. The van der Waals surface area contributed by atoms with Crippen LogP contribution in [0.1, 0.15) is 27.0 Å². The smallest absolute Gasteiger partial charge is 0.271 e. The van der Waals surface area contributed by atoms with Crippen LogP contribution in [0.5, 0.6) is 0 Å². The second kappa shape index (κ2) is 10.3. The standard InChI is InChI=1S/C32H27N3O/c1-23-13-17-27(18-14-23)32(36)34-33-22-28-21-30(25-9-5-3-6-10-25)35(29-19-15-24(2)16-20-29)31(28)26-11-7-4-8-12-26/h3-22H,1-2H3,(H,34,36). The Morgan fingerprint density at radius 2 is 1.28 bits per heavy atom. The molecule has 1 N–H and O–H groups in total. The Morgan fingerprint density at radius 1 is 0.722 bits per heavy atom. The minimum absolute atomic E-state index is 0.242. The van der Waals surface area contributed by atoms with Gasteiger partial charge in [0.2, 0.25) is 0 Å². The van der Waals surface area contributed by atoms with Crippen LogP contribution in [0.25, 0.3) is 28.2 Å². The average Bonchev–Trinajstić information content (AvgIpc) is 3.30. The van der Waals surface area contributed by atoms with Crippen LogP contribution in [-0.2, 0) is 0 Å². The van der Waals surface area contributed by atoms with E-state index in [0.717, 1.165) is 39.3 Å². The zero-order valence-electron chi connectivity index (χ0n) is 20.3. The molecule has 0 fully saturated rings. The molecule has 0 saturated carbocycles. The van der Waals surface area contributed by atoms with Gasteiger partial charge in [0.25, 0.3) is 5.91 Å². The van der Waals surface area contributed by atoms with Crippen LogP contribution in [-0.4, -0.2) is 16.7 Å². The molecule has 5 rings (SSSR count). The van der Waals surface area contributed by atoms with E-state index in [1.165, 1.54) is 5.56 Å². The monoisotopic (exact) mass is 469 g/mol. The maximum absolute atomic E-state index is 12.6. The van der Waals surface area contributed by atoms with E-state index in [0.29, 0.717) is 5.56 Å². The Bertz CT molecular complexity index is 1500. The SMILES string of the molecule is Cc1ccc(C(=O)NN=Cc2cc(-c3ccccc3)n(-c3ccc(C)cc3)c2-c2ccccc2)cc1. The molecule has 0 bridgehead atoms. The maximum Gasteiger partial charge on any atom is 0.271 e. The van der Waals surface area contributed by atoms with Crippen LogP contribution in [0.4, 0.5) is 0 Å². The van der Waals surface area contributed by atoms with Crippen molar-refractivity contribution in [3.8, 4) is 28.2 Å². The Kier molecular flexibility index (Phi) is 6.59. The average molecular weight is 470 g/mol. The van der Waals surface area contributed by atoms with Gasteiger partial charge < -0.3 is 4.57 Å². The summed E-state index contributed by atoms with van der Waals surface area (Å²) in [5.74, 6) is -0.242. The highest BCUT2D eigenvalue weighted by atomic mass is 16.2. The Morgan fingerprint density at radius 3 is 1.89 bits per heavy atom. The van der Waals surface area contributed by atoms with Gasteiger partial charge in [-0.1, -0.05) is 96.1 Å². The van der Waals surface area contributed by atoms with Gasteiger partial charge in [-0.2, -0.15) is 5.10 Å². The van der Waals surface area contributed by atoms with E-state index in [-0.39, 0.29) is 5.91 Å². The van der Waals surface area contributed by atoms with Crippen molar-refractivity contribution in [1.29, 1.82) is 0 Å². The van der Waals surface area contributed by atoms with E-state index in [1.54, 1.807) is 18.3 Å². The molecule has 1 heterocycles. The third-order valence-electron chi connectivity index (χ3n) is 6.12. The number of aryl methyl sites for hydroxylation is 2. The summed E-state index contributed by atoms with van der Waals surface area (Å²) < 4.78 is 2.26. The summed E-state index contributed by atoms with van der Waals surface area (Å²) in [4.78, 5) is 12.6. The van der Waals surface area contributed by atoms with E-state index >= 15 is 0 Å². The molecule has 5 aromatic rings. The number of carbonyl (C=O) groups is 1. The molecule has 4 nitrogen and oxygen atoms in total. The normalized spacial score (nSPS) is 11.1.